The number of para-hydroxylation sites is 1. The Labute approximate surface area is 182 Å². The Hall–Kier alpha value is -3.72. The molecule has 1 aliphatic heterocycles. The highest BCUT2D eigenvalue weighted by Gasteiger charge is 2.28. The molecule has 0 unspecified atom stereocenters. The summed E-state index contributed by atoms with van der Waals surface area (Å²) in [4.78, 5) is 38.4. The number of hydrogen-bond acceptors (Lipinski definition) is 6. The molecule has 0 aliphatic carbocycles. The van der Waals surface area contributed by atoms with E-state index in [1.54, 1.807) is 11.3 Å². The third kappa shape index (κ3) is 4.56. The molecule has 1 aromatic heterocycles. The number of thiophene rings is 1. The average molecular weight is 436 g/mol. The fourth-order valence-corrected chi connectivity index (χ4v) is 4.53. The third-order valence-electron chi connectivity index (χ3n) is 5.15. The Bertz CT molecular complexity index is 1120. The van der Waals surface area contributed by atoms with Crippen molar-refractivity contribution in [3.05, 3.63) is 86.6 Å². The average Bonchev–Trinajstić information content (AvgIpc) is 3.45. The van der Waals surface area contributed by atoms with Crippen molar-refractivity contribution in [1.82, 2.24) is 5.32 Å². The van der Waals surface area contributed by atoms with Crippen LogP contribution in [-0.4, -0.2) is 29.8 Å². The summed E-state index contributed by atoms with van der Waals surface area (Å²) in [5.74, 6) is -1.66. The van der Waals surface area contributed by atoms with Gasteiger partial charge in [-0.3, -0.25) is 19.7 Å². The number of anilines is 2. The first-order valence-corrected chi connectivity index (χ1v) is 10.6. The summed E-state index contributed by atoms with van der Waals surface area (Å²) in [6, 6.07) is 17.5. The molecule has 31 heavy (non-hydrogen) atoms. The molecule has 8 nitrogen and oxygen atoms in total. The molecule has 2 heterocycles. The molecule has 0 saturated heterocycles. The van der Waals surface area contributed by atoms with Gasteiger partial charge in [0.05, 0.1) is 11.0 Å². The zero-order chi connectivity index (χ0) is 21.8. The van der Waals surface area contributed by atoms with Crippen molar-refractivity contribution < 1.29 is 14.5 Å². The maximum Gasteiger partial charge on any atom is 0.313 e. The van der Waals surface area contributed by atoms with Gasteiger partial charge in [0.1, 0.15) is 0 Å². The third-order valence-corrected chi connectivity index (χ3v) is 6.12. The summed E-state index contributed by atoms with van der Waals surface area (Å²) < 4.78 is 0. The SMILES string of the molecule is O=C(NC[C@H](c1cccs1)N1CCc2ccccc21)C(=O)Nc1cccc([N+](=O)[O-])c1. The summed E-state index contributed by atoms with van der Waals surface area (Å²) in [6.07, 6.45) is 0.930. The van der Waals surface area contributed by atoms with Gasteiger partial charge in [-0.25, -0.2) is 0 Å². The molecular formula is C22H20N4O4S. The quantitative estimate of drug-likeness (QED) is 0.350. The molecule has 1 atom stereocenters. The topological polar surface area (TPSA) is 105 Å². The van der Waals surface area contributed by atoms with Crippen LogP contribution in [0.2, 0.25) is 0 Å². The molecule has 0 spiro atoms. The summed E-state index contributed by atoms with van der Waals surface area (Å²) in [5, 5.41) is 18.0. The van der Waals surface area contributed by atoms with Gasteiger partial charge in [-0.2, -0.15) is 0 Å². The number of benzene rings is 2. The van der Waals surface area contributed by atoms with Crippen LogP contribution in [0.3, 0.4) is 0 Å². The second-order valence-corrected chi connectivity index (χ2v) is 8.05. The number of fused-ring (bicyclic) bond motifs is 1. The number of nitro groups is 1. The molecule has 0 bridgehead atoms. The molecule has 158 valence electrons. The van der Waals surface area contributed by atoms with Crippen LogP contribution >= 0.6 is 11.3 Å². The van der Waals surface area contributed by atoms with E-state index in [0.717, 1.165) is 23.5 Å². The Morgan fingerprint density at radius 3 is 2.71 bits per heavy atom. The number of non-ortho nitro benzene ring substituents is 1. The molecular weight excluding hydrogens is 416 g/mol. The lowest BCUT2D eigenvalue weighted by atomic mass is 10.1. The maximum absolute atomic E-state index is 12.4. The van der Waals surface area contributed by atoms with Crippen molar-refractivity contribution in [2.24, 2.45) is 0 Å². The summed E-state index contributed by atoms with van der Waals surface area (Å²) in [7, 11) is 0. The smallest absolute Gasteiger partial charge is 0.313 e. The molecule has 2 amide bonds. The predicted molar refractivity (Wildman–Crippen MR) is 119 cm³/mol. The Morgan fingerprint density at radius 1 is 1.10 bits per heavy atom. The van der Waals surface area contributed by atoms with Gasteiger partial charge < -0.3 is 15.5 Å². The van der Waals surface area contributed by atoms with Crippen molar-refractivity contribution in [1.29, 1.82) is 0 Å². The number of amides is 2. The van der Waals surface area contributed by atoms with Crippen LogP contribution in [-0.2, 0) is 16.0 Å². The van der Waals surface area contributed by atoms with Gasteiger partial charge in [-0.05, 0) is 35.6 Å². The number of rotatable bonds is 6. The van der Waals surface area contributed by atoms with Crippen molar-refractivity contribution in [2.45, 2.75) is 12.5 Å². The molecule has 0 fully saturated rings. The fourth-order valence-electron chi connectivity index (χ4n) is 3.69. The molecule has 9 heteroatoms. The fraction of sp³-hybridized carbons (Fsp3) is 0.182. The molecule has 3 aromatic rings. The Kier molecular flexibility index (Phi) is 5.94. The standard InChI is InChI=1S/C22H20N4O4S/c27-21(22(28)24-16-6-3-7-17(13-16)26(29)30)23-14-19(20-9-4-12-31-20)25-11-10-15-5-1-2-8-18(15)25/h1-9,12-13,19H,10-11,14H2,(H,23,27)(H,24,28)/t19-/m1/s1. The number of hydrogen-bond donors (Lipinski definition) is 2. The molecule has 4 rings (SSSR count). The predicted octanol–water partition coefficient (Wildman–Crippen LogP) is 3.52. The minimum Gasteiger partial charge on any atom is -0.361 e. The van der Waals surface area contributed by atoms with Crippen molar-refractivity contribution in [2.75, 3.05) is 23.3 Å². The van der Waals surface area contributed by atoms with E-state index in [4.69, 9.17) is 0 Å². The van der Waals surface area contributed by atoms with Crippen LogP contribution in [0.5, 0.6) is 0 Å². The van der Waals surface area contributed by atoms with Gasteiger partial charge in [0.25, 0.3) is 5.69 Å². The molecule has 2 aromatic carbocycles. The second-order valence-electron chi connectivity index (χ2n) is 7.07. The van der Waals surface area contributed by atoms with E-state index >= 15 is 0 Å². The number of nitrogens with zero attached hydrogens (tertiary/aromatic N) is 2. The molecule has 0 radical (unpaired) electrons. The number of carbonyl (C=O) groups excluding carboxylic acids is 2. The van der Waals surface area contributed by atoms with Gasteiger partial charge in [0, 0.05) is 41.5 Å². The van der Waals surface area contributed by atoms with Crippen LogP contribution < -0.4 is 15.5 Å². The van der Waals surface area contributed by atoms with Crippen molar-refractivity contribution in [3.8, 4) is 0 Å². The van der Waals surface area contributed by atoms with Gasteiger partial charge >= 0.3 is 11.8 Å². The van der Waals surface area contributed by atoms with Gasteiger partial charge in [0.2, 0.25) is 0 Å². The van der Waals surface area contributed by atoms with E-state index in [9.17, 15) is 19.7 Å². The minimum atomic E-state index is -0.868. The van der Waals surface area contributed by atoms with E-state index in [1.807, 2.05) is 29.6 Å². The van der Waals surface area contributed by atoms with Gasteiger partial charge in [-0.15, -0.1) is 11.3 Å². The van der Waals surface area contributed by atoms with Crippen LogP contribution in [0, 0.1) is 10.1 Å². The van der Waals surface area contributed by atoms with E-state index in [-0.39, 0.29) is 24.0 Å². The second kappa shape index (κ2) is 8.97. The van der Waals surface area contributed by atoms with Crippen LogP contribution in [0.25, 0.3) is 0 Å². The van der Waals surface area contributed by atoms with E-state index < -0.39 is 16.7 Å². The Morgan fingerprint density at radius 2 is 1.94 bits per heavy atom. The number of nitrogens with one attached hydrogen (secondary N) is 2. The number of carbonyl (C=O) groups is 2. The maximum atomic E-state index is 12.4. The van der Waals surface area contributed by atoms with Crippen molar-refractivity contribution >= 4 is 40.2 Å². The molecule has 0 saturated carbocycles. The minimum absolute atomic E-state index is 0.0989. The first kappa shape index (κ1) is 20.5. The monoisotopic (exact) mass is 436 g/mol. The Balaban J connectivity index is 1.44. The van der Waals surface area contributed by atoms with Crippen LogP contribution in [0.1, 0.15) is 16.5 Å². The zero-order valence-electron chi connectivity index (χ0n) is 16.5. The largest absolute Gasteiger partial charge is 0.361 e. The highest BCUT2D eigenvalue weighted by Crippen LogP contribution is 2.36. The van der Waals surface area contributed by atoms with Gasteiger partial charge in [0.15, 0.2) is 0 Å². The highest BCUT2D eigenvalue weighted by atomic mass is 32.1. The first-order chi connectivity index (χ1) is 15.0. The summed E-state index contributed by atoms with van der Waals surface area (Å²) in [5.41, 5.74) is 2.43. The zero-order valence-corrected chi connectivity index (χ0v) is 17.3. The van der Waals surface area contributed by atoms with E-state index in [2.05, 4.69) is 27.7 Å². The lowest BCUT2D eigenvalue weighted by Crippen LogP contribution is -2.41. The van der Waals surface area contributed by atoms with E-state index in [1.165, 1.54) is 29.8 Å². The molecule has 2 N–H and O–H groups in total. The van der Waals surface area contributed by atoms with Crippen LogP contribution in [0.4, 0.5) is 17.1 Å². The lowest BCUT2D eigenvalue weighted by Gasteiger charge is -2.30. The number of nitro benzene ring substituents is 1. The lowest BCUT2D eigenvalue weighted by molar-refractivity contribution is -0.384. The first-order valence-electron chi connectivity index (χ1n) is 9.74. The summed E-state index contributed by atoms with van der Waals surface area (Å²) >= 11 is 1.60. The van der Waals surface area contributed by atoms with Crippen LogP contribution in [0.15, 0.2) is 66.0 Å². The molecule has 1 aliphatic rings. The van der Waals surface area contributed by atoms with Crippen molar-refractivity contribution in [3.63, 3.8) is 0 Å². The van der Waals surface area contributed by atoms with Gasteiger partial charge in [-0.1, -0.05) is 30.3 Å². The normalized spacial score (nSPS) is 13.4. The summed E-state index contributed by atoms with van der Waals surface area (Å²) in [6.45, 7) is 1.09. The highest BCUT2D eigenvalue weighted by molar-refractivity contribution is 7.10. The van der Waals surface area contributed by atoms with E-state index in [0.29, 0.717) is 0 Å².